The Morgan fingerprint density at radius 2 is 1.96 bits per heavy atom. The molecule has 0 aromatic heterocycles. The first-order valence-electron chi connectivity index (χ1n) is 7.52. The summed E-state index contributed by atoms with van der Waals surface area (Å²) in [7, 11) is 3.95. The average Bonchev–Trinajstić information content (AvgIpc) is 2.55. The van der Waals surface area contributed by atoms with Crippen LogP contribution in [-0.4, -0.2) is 26.1 Å². The molecular formula is C18H20Cl2N2O2. The van der Waals surface area contributed by atoms with Gasteiger partial charge in [-0.15, -0.1) is 0 Å². The van der Waals surface area contributed by atoms with Crippen molar-refractivity contribution in [2.45, 2.75) is 19.6 Å². The lowest BCUT2D eigenvalue weighted by atomic mass is 10.2. The van der Waals surface area contributed by atoms with Gasteiger partial charge in [0.2, 0.25) is 0 Å². The molecule has 1 atom stereocenters. The van der Waals surface area contributed by atoms with Crippen molar-refractivity contribution < 1.29 is 9.53 Å². The fourth-order valence-corrected chi connectivity index (χ4v) is 2.55. The van der Waals surface area contributed by atoms with Gasteiger partial charge in [-0.2, -0.15) is 0 Å². The van der Waals surface area contributed by atoms with Crippen molar-refractivity contribution in [1.29, 1.82) is 0 Å². The van der Waals surface area contributed by atoms with Crippen molar-refractivity contribution >= 4 is 34.8 Å². The first kappa shape index (κ1) is 18.4. The van der Waals surface area contributed by atoms with Crippen molar-refractivity contribution in [3.63, 3.8) is 0 Å². The second-order valence-electron chi connectivity index (χ2n) is 5.62. The van der Waals surface area contributed by atoms with E-state index >= 15 is 0 Å². The van der Waals surface area contributed by atoms with E-state index in [0.717, 1.165) is 11.3 Å². The van der Waals surface area contributed by atoms with Crippen LogP contribution in [0.5, 0.6) is 5.75 Å². The number of hydrogen-bond donors (Lipinski definition) is 1. The standard InChI is InChI=1S/C18H20Cl2N2O2/c1-12(24-17-8-7-14(19)10-16(17)20)18(23)21-11-13-5-4-6-15(9-13)22(2)3/h4-10,12H,11H2,1-3H3,(H,21,23). The van der Waals surface area contributed by atoms with Gasteiger partial charge in [0.05, 0.1) is 5.02 Å². The highest BCUT2D eigenvalue weighted by Crippen LogP contribution is 2.28. The Labute approximate surface area is 152 Å². The summed E-state index contributed by atoms with van der Waals surface area (Å²) < 4.78 is 5.60. The summed E-state index contributed by atoms with van der Waals surface area (Å²) in [5, 5.41) is 3.76. The predicted molar refractivity (Wildman–Crippen MR) is 99.2 cm³/mol. The smallest absolute Gasteiger partial charge is 0.261 e. The van der Waals surface area contributed by atoms with Crippen LogP contribution in [0.1, 0.15) is 12.5 Å². The van der Waals surface area contributed by atoms with E-state index in [9.17, 15) is 4.79 Å². The molecule has 0 spiro atoms. The predicted octanol–water partition coefficient (Wildman–Crippen LogP) is 4.14. The zero-order chi connectivity index (χ0) is 17.7. The topological polar surface area (TPSA) is 41.6 Å². The number of carbonyl (C=O) groups excluding carboxylic acids is 1. The van der Waals surface area contributed by atoms with Crippen LogP contribution < -0.4 is 15.0 Å². The number of nitrogens with zero attached hydrogens (tertiary/aromatic N) is 1. The molecule has 128 valence electrons. The van der Waals surface area contributed by atoms with Crippen LogP contribution in [0.15, 0.2) is 42.5 Å². The molecule has 1 unspecified atom stereocenters. The normalized spacial score (nSPS) is 11.7. The molecule has 2 rings (SSSR count). The summed E-state index contributed by atoms with van der Waals surface area (Å²) in [5.74, 6) is 0.217. The summed E-state index contributed by atoms with van der Waals surface area (Å²) in [6.45, 7) is 2.11. The van der Waals surface area contributed by atoms with Crippen molar-refractivity contribution in [2.24, 2.45) is 0 Å². The summed E-state index contributed by atoms with van der Waals surface area (Å²) in [6.07, 6.45) is -0.666. The maximum atomic E-state index is 12.2. The summed E-state index contributed by atoms with van der Waals surface area (Å²) in [5.41, 5.74) is 2.10. The Balaban J connectivity index is 1.93. The van der Waals surface area contributed by atoms with Gasteiger partial charge in [0.25, 0.3) is 5.91 Å². The van der Waals surface area contributed by atoms with E-state index in [1.165, 1.54) is 0 Å². The second-order valence-corrected chi connectivity index (χ2v) is 6.46. The van der Waals surface area contributed by atoms with Crippen LogP contribution in [0.3, 0.4) is 0 Å². The third-order valence-electron chi connectivity index (χ3n) is 3.46. The van der Waals surface area contributed by atoms with Gasteiger partial charge in [-0.1, -0.05) is 35.3 Å². The van der Waals surface area contributed by atoms with E-state index in [-0.39, 0.29) is 5.91 Å². The Hall–Kier alpha value is -1.91. The summed E-state index contributed by atoms with van der Waals surface area (Å²) in [6, 6.07) is 12.9. The van der Waals surface area contributed by atoms with E-state index in [1.54, 1.807) is 25.1 Å². The lowest BCUT2D eigenvalue weighted by Crippen LogP contribution is -2.36. The quantitative estimate of drug-likeness (QED) is 0.834. The Morgan fingerprint density at radius 3 is 2.62 bits per heavy atom. The van der Waals surface area contributed by atoms with Crippen LogP contribution in [0.2, 0.25) is 10.0 Å². The molecule has 0 aliphatic heterocycles. The zero-order valence-corrected chi connectivity index (χ0v) is 15.4. The lowest BCUT2D eigenvalue weighted by molar-refractivity contribution is -0.127. The van der Waals surface area contributed by atoms with Crippen LogP contribution in [-0.2, 0) is 11.3 Å². The highest BCUT2D eigenvalue weighted by Gasteiger charge is 2.16. The fourth-order valence-electron chi connectivity index (χ4n) is 2.09. The molecule has 4 nitrogen and oxygen atoms in total. The SMILES string of the molecule is CC(Oc1ccc(Cl)cc1Cl)C(=O)NCc1cccc(N(C)C)c1. The molecule has 0 saturated heterocycles. The number of ether oxygens (including phenoxy) is 1. The van der Waals surface area contributed by atoms with E-state index < -0.39 is 6.10 Å². The van der Waals surface area contributed by atoms with Gasteiger partial charge >= 0.3 is 0 Å². The van der Waals surface area contributed by atoms with Crippen molar-refractivity contribution in [1.82, 2.24) is 5.32 Å². The van der Waals surface area contributed by atoms with Gasteiger partial charge in [0, 0.05) is 31.4 Å². The van der Waals surface area contributed by atoms with Gasteiger partial charge in [0.15, 0.2) is 6.10 Å². The first-order valence-corrected chi connectivity index (χ1v) is 8.28. The minimum Gasteiger partial charge on any atom is -0.479 e. The maximum absolute atomic E-state index is 12.2. The molecule has 6 heteroatoms. The molecule has 0 radical (unpaired) electrons. The van der Waals surface area contributed by atoms with Crippen LogP contribution in [0.25, 0.3) is 0 Å². The first-order chi connectivity index (χ1) is 11.4. The zero-order valence-electron chi connectivity index (χ0n) is 13.8. The molecule has 0 saturated carbocycles. The monoisotopic (exact) mass is 366 g/mol. The number of carbonyl (C=O) groups is 1. The molecule has 0 aliphatic carbocycles. The molecule has 0 fully saturated rings. The number of anilines is 1. The van der Waals surface area contributed by atoms with Crippen molar-refractivity contribution in [3.05, 3.63) is 58.1 Å². The number of nitrogens with one attached hydrogen (secondary N) is 1. The Kier molecular flexibility index (Phi) is 6.35. The van der Waals surface area contributed by atoms with Gasteiger partial charge in [0.1, 0.15) is 5.75 Å². The van der Waals surface area contributed by atoms with Crippen LogP contribution >= 0.6 is 23.2 Å². The number of amides is 1. The number of rotatable bonds is 6. The highest BCUT2D eigenvalue weighted by atomic mass is 35.5. The maximum Gasteiger partial charge on any atom is 0.261 e. The molecule has 1 N–H and O–H groups in total. The summed E-state index contributed by atoms with van der Waals surface area (Å²) >= 11 is 11.9. The number of halogens is 2. The van der Waals surface area contributed by atoms with Gasteiger partial charge in [-0.25, -0.2) is 0 Å². The Morgan fingerprint density at radius 1 is 1.21 bits per heavy atom. The van der Waals surface area contributed by atoms with E-state index in [1.807, 2.05) is 43.3 Å². The fraction of sp³-hybridized carbons (Fsp3) is 0.278. The molecule has 2 aromatic rings. The molecule has 0 heterocycles. The van der Waals surface area contributed by atoms with Crippen LogP contribution in [0, 0.1) is 0 Å². The van der Waals surface area contributed by atoms with E-state index in [4.69, 9.17) is 27.9 Å². The minimum atomic E-state index is -0.666. The van der Waals surface area contributed by atoms with E-state index in [2.05, 4.69) is 5.32 Å². The van der Waals surface area contributed by atoms with E-state index in [0.29, 0.717) is 22.3 Å². The second kappa shape index (κ2) is 8.27. The highest BCUT2D eigenvalue weighted by molar-refractivity contribution is 6.35. The molecule has 1 amide bonds. The molecule has 24 heavy (non-hydrogen) atoms. The Bertz CT molecular complexity index is 720. The molecule has 0 aliphatic rings. The lowest BCUT2D eigenvalue weighted by Gasteiger charge is -2.17. The number of hydrogen-bond acceptors (Lipinski definition) is 3. The molecule has 0 bridgehead atoms. The largest absolute Gasteiger partial charge is 0.479 e. The average molecular weight is 367 g/mol. The third kappa shape index (κ3) is 5.05. The van der Waals surface area contributed by atoms with Crippen LogP contribution in [0.4, 0.5) is 5.69 Å². The van der Waals surface area contributed by atoms with Crippen molar-refractivity contribution in [3.8, 4) is 5.75 Å². The van der Waals surface area contributed by atoms with Gasteiger partial charge in [-0.3, -0.25) is 4.79 Å². The third-order valence-corrected chi connectivity index (χ3v) is 3.99. The summed E-state index contributed by atoms with van der Waals surface area (Å²) in [4.78, 5) is 14.2. The molecular weight excluding hydrogens is 347 g/mol. The van der Waals surface area contributed by atoms with Gasteiger partial charge < -0.3 is 15.0 Å². The van der Waals surface area contributed by atoms with Crippen molar-refractivity contribution in [2.75, 3.05) is 19.0 Å². The number of benzene rings is 2. The minimum absolute atomic E-state index is 0.212. The van der Waals surface area contributed by atoms with Gasteiger partial charge in [-0.05, 0) is 42.8 Å². The molecule has 2 aromatic carbocycles.